The van der Waals surface area contributed by atoms with E-state index in [-0.39, 0.29) is 47.6 Å². The SMILES string of the molecule is O=S(=O)(Cc1ccc(F)cc1)c1ncc(CN(C[C@@H]2CCCO2)S(=O)(=O)c2ccccc2)n1C[C@H]1CCCO1. The molecule has 12 heteroatoms. The predicted molar refractivity (Wildman–Crippen MR) is 142 cm³/mol. The summed E-state index contributed by atoms with van der Waals surface area (Å²) in [5, 5.41) is -0.161. The third-order valence-electron chi connectivity index (χ3n) is 7.01. The molecular formula is C27H32FN3O6S2. The van der Waals surface area contributed by atoms with Crippen LogP contribution in [0.5, 0.6) is 0 Å². The Labute approximate surface area is 228 Å². The summed E-state index contributed by atoms with van der Waals surface area (Å²) in [7, 11) is -7.86. The zero-order chi connectivity index (χ0) is 27.5. The fourth-order valence-electron chi connectivity index (χ4n) is 5.00. The average molecular weight is 578 g/mol. The average Bonchev–Trinajstić information content (AvgIpc) is 3.70. The Bertz CT molecular complexity index is 1470. The molecule has 2 atom stereocenters. The van der Waals surface area contributed by atoms with E-state index in [1.54, 1.807) is 34.9 Å². The number of nitrogens with zero attached hydrogens (tertiary/aromatic N) is 3. The molecule has 2 aromatic carbocycles. The molecule has 3 heterocycles. The van der Waals surface area contributed by atoms with Gasteiger partial charge >= 0.3 is 0 Å². The van der Waals surface area contributed by atoms with Crippen LogP contribution in [0, 0.1) is 5.82 Å². The van der Waals surface area contributed by atoms with Crippen molar-refractivity contribution >= 4 is 19.9 Å². The van der Waals surface area contributed by atoms with Gasteiger partial charge in [0.2, 0.25) is 25.0 Å². The first-order chi connectivity index (χ1) is 18.7. The number of rotatable bonds is 11. The van der Waals surface area contributed by atoms with Crippen LogP contribution in [0.2, 0.25) is 0 Å². The Morgan fingerprint density at radius 1 is 0.923 bits per heavy atom. The number of imidazole rings is 1. The van der Waals surface area contributed by atoms with Gasteiger partial charge in [-0.3, -0.25) is 0 Å². The van der Waals surface area contributed by atoms with E-state index in [1.165, 1.54) is 34.8 Å². The van der Waals surface area contributed by atoms with E-state index in [0.29, 0.717) is 24.5 Å². The first kappa shape index (κ1) is 27.9. The van der Waals surface area contributed by atoms with Crippen LogP contribution in [-0.2, 0) is 48.2 Å². The van der Waals surface area contributed by atoms with Crippen LogP contribution in [0.15, 0.2) is 70.8 Å². The largest absolute Gasteiger partial charge is 0.377 e. The molecule has 2 aliphatic heterocycles. The molecule has 0 spiro atoms. The summed E-state index contributed by atoms with van der Waals surface area (Å²) in [4.78, 5) is 4.43. The van der Waals surface area contributed by atoms with Crippen LogP contribution in [0.3, 0.4) is 0 Å². The maximum Gasteiger partial charge on any atom is 0.243 e. The summed E-state index contributed by atoms with van der Waals surface area (Å²) >= 11 is 0. The van der Waals surface area contributed by atoms with E-state index in [1.807, 2.05) is 0 Å². The molecule has 9 nitrogen and oxygen atoms in total. The van der Waals surface area contributed by atoms with E-state index in [2.05, 4.69) is 4.98 Å². The summed E-state index contributed by atoms with van der Waals surface area (Å²) in [6.07, 6.45) is 4.18. The van der Waals surface area contributed by atoms with Crippen LogP contribution in [0.1, 0.15) is 36.9 Å². The third-order valence-corrected chi connectivity index (χ3v) is 10.4. The van der Waals surface area contributed by atoms with Crippen molar-refractivity contribution in [3.8, 4) is 0 Å². The van der Waals surface area contributed by atoms with Gasteiger partial charge in [0.1, 0.15) is 5.82 Å². The van der Waals surface area contributed by atoms with E-state index < -0.39 is 25.7 Å². The van der Waals surface area contributed by atoms with Crippen LogP contribution in [0.4, 0.5) is 4.39 Å². The number of ether oxygens (including phenoxy) is 2. The topological polar surface area (TPSA) is 108 Å². The molecule has 0 bridgehead atoms. The van der Waals surface area contributed by atoms with Gasteiger partial charge in [0, 0.05) is 19.8 Å². The molecule has 0 radical (unpaired) electrons. The molecule has 3 aromatic rings. The van der Waals surface area contributed by atoms with Crippen molar-refractivity contribution in [2.24, 2.45) is 0 Å². The number of hydrogen-bond acceptors (Lipinski definition) is 7. The first-order valence-electron chi connectivity index (χ1n) is 13.0. The van der Waals surface area contributed by atoms with Gasteiger partial charge in [0.15, 0.2) is 0 Å². The normalized spacial score (nSPS) is 20.2. The van der Waals surface area contributed by atoms with Crippen molar-refractivity contribution in [3.63, 3.8) is 0 Å². The minimum Gasteiger partial charge on any atom is -0.377 e. The fourth-order valence-corrected chi connectivity index (χ4v) is 7.97. The van der Waals surface area contributed by atoms with Crippen LogP contribution in [0.25, 0.3) is 0 Å². The Hall–Kier alpha value is -2.64. The highest BCUT2D eigenvalue weighted by Gasteiger charge is 2.33. The smallest absolute Gasteiger partial charge is 0.243 e. The van der Waals surface area contributed by atoms with Crippen molar-refractivity contribution < 1.29 is 30.7 Å². The number of hydrogen-bond donors (Lipinski definition) is 0. The van der Waals surface area contributed by atoms with Crippen molar-refractivity contribution in [1.29, 1.82) is 0 Å². The highest BCUT2D eigenvalue weighted by Crippen LogP contribution is 2.26. The number of benzene rings is 2. The molecule has 2 aliphatic rings. The van der Waals surface area contributed by atoms with Crippen molar-refractivity contribution in [3.05, 3.63) is 77.9 Å². The Balaban J connectivity index is 1.50. The summed E-state index contributed by atoms with van der Waals surface area (Å²) in [6.45, 7) is 1.45. The molecule has 0 amide bonds. The second-order valence-electron chi connectivity index (χ2n) is 9.91. The molecule has 0 unspecified atom stereocenters. The molecule has 0 saturated carbocycles. The second kappa shape index (κ2) is 11.8. The maximum absolute atomic E-state index is 13.7. The lowest BCUT2D eigenvalue weighted by molar-refractivity contribution is 0.0884. The van der Waals surface area contributed by atoms with Crippen LogP contribution in [-0.4, -0.2) is 62.7 Å². The van der Waals surface area contributed by atoms with Gasteiger partial charge in [-0.25, -0.2) is 26.2 Å². The monoisotopic (exact) mass is 577 g/mol. The zero-order valence-electron chi connectivity index (χ0n) is 21.5. The lowest BCUT2D eigenvalue weighted by Crippen LogP contribution is -2.37. The Kier molecular flexibility index (Phi) is 8.48. The quantitative estimate of drug-likeness (QED) is 0.343. The third kappa shape index (κ3) is 6.58. The van der Waals surface area contributed by atoms with Gasteiger partial charge in [-0.15, -0.1) is 0 Å². The molecule has 210 valence electrons. The van der Waals surface area contributed by atoms with E-state index in [4.69, 9.17) is 9.47 Å². The molecule has 2 saturated heterocycles. The van der Waals surface area contributed by atoms with Gasteiger partial charge in [-0.05, 0) is 55.5 Å². The molecular weight excluding hydrogens is 545 g/mol. The minimum absolute atomic E-state index is 0.0805. The lowest BCUT2D eigenvalue weighted by atomic mass is 10.2. The summed E-state index contributed by atoms with van der Waals surface area (Å²) in [5.74, 6) is -0.818. The number of halogens is 1. The molecule has 1 aromatic heterocycles. The van der Waals surface area contributed by atoms with Gasteiger partial charge in [-0.2, -0.15) is 4.31 Å². The fraction of sp³-hybridized carbons (Fsp3) is 0.444. The summed E-state index contributed by atoms with van der Waals surface area (Å²) in [6, 6.07) is 13.4. The summed E-state index contributed by atoms with van der Waals surface area (Å²) in [5.41, 5.74) is 0.872. The van der Waals surface area contributed by atoms with E-state index in [9.17, 15) is 21.2 Å². The van der Waals surface area contributed by atoms with Crippen LogP contribution >= 0.6 is 0 Å². The van der Waals surface area contributed by atoms with Gasteiger partial charge < -0.3 is 14.0 Å². The molecule has 0 aliphatic carbocycles. The lowest BCUT2D eigenvalue weighted by Gasteiger charge is -2.26. The van der Waals surface area contributed by atoms with Gasteiger partial charge in [0.05, 0.1) is 47.8 Å². The minimum atomic E-state index is -3.94. The molecule has 2 fully saturated rings. The van der Waals surface area contributed by atoms with Crippen molar-refractivity contribution in [2.45, 2.75) is 66.8 Å². The standard InChI is InChI=1S/C27H32FN3O6S2/c28-22-12-10-21(11-13-22)20-38(32,33)27-29-16-23(31(27)19-25-7-5-15-37-25)17-30(18-24-6-4-14-36-24)39(34,35)26-8-2-1-3-9-26/h1-3,8-13,16,24-25H,4-7,14-15,17-20H2/t24-,25+/m0/s1. The number of sulfonamides is 1. The van der Waals surface area contributed by atoms with Crippen molar-refractivity contribution in [1.82, 2.24) is 13.9 Å². The number of aromatic nitrogens is 2. The molecule has 39 heavy (non-hydrogen) atoms. The Morgan fingerprint density at radius 2 is 1.59 bits per heavy atom. The molecule has 5 rings (SSSR count). The number of sulfone groups is 1. The van der Waals surface area contributed by atoms with E-state index in [0.717, 1.165) is 25.7 Å². The maximum atomic E-state index is 13.7. The summed E-state index contributed by atoms with van der Waals surface area (Å²) < 4.78 is 82.3. The highest BCUT2D eigenvalue weighted by atomic mass is 32.2. The van der Waals surface area contributed by atoms with Gasteiger partial charge in [-0.1, -0.05) is 30.3 Å². The van der Waals surface area contributed by atoms with Gasteiger partial charge in [0.25, 0.3) is 0 Å². The predicted octanol–water partition coefficient (Wildman–Crippen LogP) is 3.55. The van der Waals surface area contributed by atoms with Crippen LogP contribution < -0.4 is 0 Å². The first-order valence-corrected chi connectivity index (χ1v) is 16.1. The Morgan fingerprint density at radius 3 is 2.23 bits per heavy atom. The second-order valence-corrected chi connectivity index (χ2v) is 13.7. The van der Waals surface area contributed by atoms with Crippen molar-refractivity contribution in [2.75, 3.05) is 19.8 Å². The molecule has 0 N–H and O–H groups in total. The van der Waals surface area contributed by atoms with E-state index >= 15 is 0 Å². The highest BCUT2D eigenvalue weighted by molar-refractivity contribution is 7.90. The zero-order valence-corrected chi connectivity index (χ0v) is 23.1.